The SMILES string of the molecule is COc1ccc(OC)c(C(=O)C2C(c3ccc(N(C)C)c(OOP(=O)(O)O)c3)C2(C)C)c1. The summed E-state index contributed by atoms with van der Waals surface area (Å²) in [4.78, 5) is 38.2. The molecule has 2 atom stereocenters. The van der Waals surface area contributed by atoms with Crippen LogP contribution < -0.4 is 19.3 Å². The molecule has 9 nitrogen and oxygen atoms in total. The summed E-state index contributed by atoms with van der Waals surface area (Å²) >= 11 is 0. The Hall–Kier alpha value is -2.58. The van der Waals surface area contributed by atoms with Crippen molar-refractivity contribution in [2.45, 2.75) is 19.8 Å². The third-order valence-electron chi connectivity index (χ3n) is 5.83. The average Bonchev–Trinajstić information content (AvgIpc) is 3.32. The molecule has 0 amide bonds. The number of ketones is 1. The second kappa shape index (κ2) is 8.75. The zero-order valence-corrected chi connectivity index (χ0v) is 19.8. The average molecular weight is 465 g/mol. The Labute approximate surface area is 187 Å². The molecule has 3 rings (SSSR count). The normalized spacial score (nSPS) is 19.2. The molecule has 0 aromatic heterocycles. The molecule has 1 aliphatic carbocycles. The molecule has 1 saturated carbocycles. The van der Waals surface area contributed by atoms with E-state index in [1.165, 1.54) is 14.2 Å². The maximum atomic E-state index is 13.5. The Morgan fingerprint density at radius 1 is 1.03 bits per heavy atom. The lowest BCUT2D eigenvalue weighted by Crippen LogP contribution is -2.11. The van der Waals surface area contributed by atoms with E-state index in [2.05, 4.69) is 4.67 Å². The molecule has 2 unspecified atom stereocenters. The summed E-state index contributed by atoms with van der Waals surface area (Å²) in [5.41, 5.74) is 1.45. The topological polar surface area (TPSA) is 115 Å². The van der Waals surface area contributed by atoms with Gasteiger partial charge < -0.3 is 29.0 Å². The lowest BCUT2D eigenvalue weighted by Gasteiger charge is -2.18. The molecule has 0 aliphatic heterocycles. The smallest absolute Gasteiger partial charge is 0.497 e. The van der Waals surface area contributed by atoms with Crippen LogP contribution in [0.2, 0.25) is 0 Å². The first-order valence-corrected chi connectivity index (χ1v) is 11.4. The minimum atomic E-state index is -4.84. The predicted molar refractivity (Wildman–Crippen MR) is 118 cm³/mol. The Balaban J connectivity index is 1.95. The number of hydrogen-bond donors (Lipinski definition) is 2. The molecule has 10 heteroatoms. The maximum absolute atomic E-state index is 13.5. The zero-order chi connectivity index (χ0) is 23.8. The molecule has 0 bridgehead atoms. The predicted octanol–water partition coefficient (Wildman–Crippen LogP) is 3.80. The van der Waals surface area contributed by atoms with E-state index in [1.807, 2.05) is 19.9 Å². The summed E-state index contributed by atoms with van der Waals surface area (Å²) in [5.74, 6) is 0.637. The molecule has 2 N–H and O–H groups in total. The third-order valence-corrected chi connectivity index (χ3v) is 6.10. The van der Waals surface area contributed by atoms with Crippen molar-refractivity contribution in [3.8, 4) is 17.2 Å². The summed E-state index contributed by atoms with van der Waals surface area (Å²) in [7, 11) is 1.74. The first kappa shape index (κ1) is 24.1. The quantitative estimate of drug-likeness (QED) is 0.247. The molecular weight excluding hydrogens is 437 g/mol. The largest absolute Gasteiger partial charge is 0.505 e. The molecule has 0 radical (unpaired) electrons. The lowest BCUT2D eigenvalue weighted by molar-refractivity contribution is -0.122. The van der Waals surface area contributed by atoms with E-state index >= 15 is 0 Å². The van der Waals surface area contributed by atoms with Crippen molar-refractivity contribution in [1.82, 2.24) is 0 Å². The first-order chi connectivity index (χ1) is 14.9. The van der Waals surface area contributed by atoms with Crippen LogP contribution in [0.3, 0.4) is 0 Å². The van der Waals surface area contributed by atoms with Gasteiger partial charge in [0.05, 0.1) is 25.5 Å². The van der Waals surface area contributed by atoms with Crippen LogP contribution in [0.5, 0.6) is 17.2 Å². The van der Waals surface area contributed by atoms with E-state index in [1.54, 1.807) is 49.3 Å². The molecule has 32 heavy (non-hydrogen) atoms. The molecule has 0 spiro atoms. The van der Waals surface area contributed by atoms with Gasteiger partial charge in [-0.15, -0.1) is 0 Å². The van der Waals surface area contributed by atoms with Crippen LogP contribution in [0.4, 0.5) is 5.69 Å². The van der Waals surface area contributed by atoms with Crippen LogP contribution in [-0.2, 0) is 9.24 Å². The van der Waals surface area contributed by atoms with Gasteiger partial charge in [-0.05, 0) is 41.3 Å². The van der Waals surface area contributed by atoms with Gasteiger partial charge in [-0.3, -0.25) is 4.79 Å². The standard InChI is InChI=1S/C22H28NO8P/c1-22(2)19(20(22)21(24)15-12-14(28-5)8-10-17(15)29-6)13-7-9-16(23(3)4)18(11-13)30-31-32(25,26)27/h7-12,19-20H,1-6H3,(H2,25,26,27). The molecule has 174 valence electrons. The zero-order valence-electron chi connectivity index (χ0n) is 18.9. The van der Waals surface area contributed by atoms with Gasteiger partial charge in [0.2, 0.25) is 0 Å². The summed E-state index contributed by atoms with van der Waals surface area (Å²) in [5, 5.41) is 0. The highest BCUT2D eigenvalue weighted by Crippen LogP contribution is 2.66. The van der Waals surface area contributed by atoms with Crippen molar-refractivity contribution in [3.05, 3.63) is 47.5 Å². The van der Waals surface area contributed by atoms with Crippen LogP contribution in [0.15, 0.2) is 36.4 Å². The number of nitrogens with zero attached hydrogens (tertiary/aromatic N) is 1. The number of rotatable bonds is 9. The fraction of sp³-hybridized carbons (Fsp3) is 0.409. The highest BCUT2D eigenvalue weighted by Gasteiger charge is 2.62. The van der Waals surface area contributed by atoms with Gasteiger partial charge in [0.1, 0.15) is 11.5 Å². The third kappa shape index (κ3) is 4.76. The van der Waals surface area contributed by atoms with E-state index < -0.39 is 7.82 Å². The van der Waals surface area contributed by atoms with Crippen LogP contribution in [0.1, 0.15) is 35.7 Å². The second-order valence-corrected chi connectivity index (χ2v) is 9.61. The van der Waals surface area contributed by atoms with Crippen molar-refractivity contribution in [2.75, 3.05) is 33.2 Å². The summed E-state index contributed by atoms with van der Waals surface area (Å²) in [6.07, 6.45) is 0. The maximum Gasteiger partial charge on any atom is 0.505 e. The van der Waals surface area contributed by atoms with E-state index in [9.17, 15) is 9.36 Å². The van der Waals surface area contributed by atoms with E-state index in [4.69, 9.17) is 24.1 Å². The van der Waals surface area contributed by atoms with Gasteiger partial charge in [0, 0.05) is 25.9 Å². The minimum Gasteiger partial charge on any atom is -0.497 e. The van der Waals surface area contributed by atoms with Crippen LogP contribution in [0, 0.1) is 11.3 Å². The van der Waals surface area contributed by atoms with Gasteiger partial charge >= 0.3 is 7.82 Å². The monoisotopic (exact) mass is 465 g/mol. The molecule has 2 aromatic carbocycles. The van der Waals surface area contributed by atoms with Crippen molar-refractivity contribution in [3.63, 3.8) is 0 Å². The highest BCUT2D eigenvalue weighted by molar-refractivity contribution is 7.46. The molecular formula is C22H28NO8P. The number of carbonyl (C=O) groups is 1. The number of ether oxygens (including phenoxy) is 2. The first-order valence-electron chi connectivity index (χ1n) is 9.90. The van der Waals surface area contributed by atoms with Gasteiger partial charge in [-0.25, -0.2) is 4.57 Å². The van der Waals surface area contributed by atoms with Gasteiger partial charge in [-0.2, -0.15) is 0 Å². The minimum absolute atomic E-state index is 0.0682. The van der Waals surface area contributed by atoms with Crippen LogP contribution >= 0.6 is 7.82 Å². The lowest BCUT2D eigenvalue weighted by atomic mass is 10.0. The van der Waals surface area contributed by atoms with Crippen molar-refractivity contribution < 1.29 is 38.2 Å². The van der Waals surface area contributed by atoms with E-state index in [0.717, 1.165) is 5.56 Å². The van der Waals surface area contributed by atoms with Crippen molar-refractivity contribution >= 4 is 19.3 Å². The van der Waals surface area contributed by atoms with Gasteiger partial charge in [0.25, 0.3) is 0 Å². The second-order valence-electron chi connectivity index (χ2n) is 8.48. The van der Waals surface area contributed by atoms with E-state index in [-0.39, 0.29) is 28.8 Å². The van der Waals surface area contributed by atoms with E-state index in [0.29, 0.717) is 22.7 Å². The molecule has 1 fully saturated rings. The van der Waals surface area contributed by atoms with Gasteiger partial charge in [-0.1, -0.05) is 24.6 Å². The summed E-state index contributed by atoms with van der Waals surface area (Å²) < 4.78 is 26.0. The number of anilines is 1. The Morgan fingerprint density at radius 3 is 2.28 bits per heavy atom. The highest BCUT2D eigenvalue weighted by atomic mass is 31.2. The molecule has 1 aliphatic rings. The molecule has 0 heterocycles. The summed E-state index contributed by atoms with van der Waals surface area (Å²) in [6, 6.07) is 10.4. The van der Waals surface area contributed by atoms with Crippen molar-refractivity contribution in [2.24, 2.45) is 11.3 Å². The molecule has 0 saturated heterocycles. The van der Waals surface area contributed by atoms with Gasteiger partial charge in [0.15, 0.2) is 11.5 Å². The number of benzene rings is 2. The number of methoxy groups -OCH3 is 2. The molecule has 2 aromatic rings. The number of carbonyl (C=O) groups excluding carboxylic acids is 1. The Kier molecular flexibility index (Phi) is 6.58. The number of phosphoric acid groups is 1. The van der Waals surface area contributed by atoms with Crippen molar-refractivity contribution in [1.29, 1.82) is 0 Å². The number of Topliss-reactive ketones (excluding diaryl/α,β-unsaturated/α-hetero) is 1. The Bertz CT molecular complexity index is 1060. The van der Waals surface area contributed by atoms with Crippen LogP contribution in [0.25, 0.3) is 0 Å². The summed E-state index contributed by atoms with van der Waals surface area (Å²) in [6.45, 7) is 4.00. The number of hydrogen-bond acceptors (Lipinski definition) is 7. The fourth-order valence-electron chi connectivity index (χ4n) is 4.17. The van der Waals surface area contributed by atoms with Crippen LogP contribution in [-0.4, -0.2) is 43.9 Å². The fourth-order valence-corrected chi connectivity index (χ4v) is 4.35. The Morgan fingerprint density at radius 2 is 1.72 bits per heavy atom.